The zero-order valence-electron chi connectivity index (χ0n) is 15.3. The molecule has 0 bridgehead atoms. The molecule has 1 heterocycles. The minimum absolute atomic E-state index is 0. The smallest absolute Gasteiger partial charge is 0.223 e. The summed E-state index contributed by atoms with van der Waals surface area (Å²) in [6.07, 6.45) is 5.75. The number of rotatable bonds is 7. The highest BCUT2D eigenvalue weighted by Crippen LogP contribution is 2.23. The average Bonchev–Trinajstić information content (AvgIpc) is 3.02. The van der Waals surface area contributed by atoms with Gasteiger partial charge >= 0.3 is 0 Å². The topological polar surface area (TPSA) is 65.5 Å². The van der Waals surface area contributed by atoms with Gasteiger partial charge in [0.15, 0.2) is 5.96 Å². The second-order valence-electron chi connectivity index (χ2n) is 6.26. The Morgan fingerprint density at radius 3 is 2.52 bits per heavy atom. The number of amides is 1. The van der Waals surface area contributed by atoms with Crippen molar-refractivity contribution in [3.63, 3.8) is 0 Å². The first-order chi connectivity index (χ1) is 11.7. The third-order valence-corrected chi connectivity index (χ3v) is 5.21. The molecule has 1 aliphatic carbocycles. The van der Waals surface area contributed by atoms with Gasteiger partial charge in [0, 0.05) is 35.3 Å². The number of carbonyl (C=O) groups is 1. The van der Waals surface area contributed by atoms with Gasteiger partial charge in [-0.15, -0.1) is 35.3 Å². The normalized spacial score (nSPS) is 15.4. The van der Waals surface area contributed by atoms with Crippen LogP contribution in [0.2, 0.25) is 0 Å². The number of carbonyl (C=O) groups excluding carboxylic acids is 1. The van der Waals surface area contributed by atoms with Crippen LogP contribution in [0.15, 0.2) is 17.1 Å². The third kappa shape index (κ3) is 8.40. The van der Waals surface area contributed by atoms with E-state index in [-0.39, 0.29) is 35.8 Å². The van der Waals surface area contributed by atoms with Crippen molar-refractivity contribution >= 4 is 47.2 Å². The molecular formula is C18H31IN4OS. The number of aliphatic imine (C=N–C) groups is 1. The number of nitrogens with zero attached hydrogens (tertiary/aromatic N) is 1. The van der Waals surface area contributed by atoms with E-state index >= 15 is 0 Å². The van der Waals surface area contributed by atoms with Gasteiger partial charge in [-0.05, 0) is 38.8 Å². The molecule has 25 heavy (non-hydrogen) atoms. The fourth-order valence-corrected chi connectivity index (χ4v) is 3.76. The number of halogens is 1. The second kappa shape index (κ2) is 12.5. The molecule has 5 nitrogen and oxygen atoms in total. The Morgan fingerprint density at radius 2 is 1.88 bits per heavy atom. The number of guanidine groups is 1. The standard InChI is InChI=1S/C18H30N4OS.HI/c1-3-19-18(22-13-16-10-9-14(2)24-16)21-12-11-20-17(23)15-7-5-4-6-8-15;/h9-10,15H,3-8,11-13H2,1-2H3,(H,20,23)(H2,19,21,22);1H. The summed E-state index contributed by atoms with van der Waals surface area (Å²) >= 11 is 1.78. The van der Waals surface area contributed by atoms with Gasteiger partial charge in [0.2, 0.25) is 5.91 Å². The molecule has 7 heteroatoms. The molecule has 0 aromatic carbocycles. The van der Waals surface area contributed by atoms with Gasteiger partial charge in [-0.1, -0.05) is 19.3 Å². The molecule has 0 unspecified atom stereocenters. The quantitative estimate of drug-likeness (QED) is 0.244. The van der Waals surface area contributed by atoms with Crippen LogP contribution >= 0.6 is 35.3 Å². The summed E-state index contributed by atoms with van der Waals surface area (Å²) in [4.78, 5) is 19.3. The fraction of sp³-hybridized carbons (Fsp3) is 0.667. The molecule has 0 atom stereocenters. The largest absolute Gasteiger partial charge is 0.357 e. The van der Waals surface area contributed by atoms with E-state index in [0.29, 0.717) is 19.6 Å². The molecular weight excluding hydrogens is 447 g/mol. The van der Waals surface area contributed by atoms with Crippen molar-refractivity contribution in [2.75, 3.05) is 19.6 Å². The first kappa shape index (κ1) is 22.2. The van der Waals surface area contributed by atoms with E-state index in [1.807, 2.05) is 0 Å². The second-order valence-corrected chi connectivity index (χ2v) is 7.63. The zero-order chi connectivity index (χ0) is 17.2. The minimum atomic E-state index is 0. The molecule has 0 saturated heterocycles. The van der Waals surface area contributed by atoms with Gasteiger partial charge in [-0.2, -0.15) is 0 Å². The Labute approximate surface area is 172 Å². The lowest BCUT2D eigenvalue weighted by atomic mass is 9.89. The van der Waals surface area contributed by atoms with Crippen molar-refractivity contribution in [2.45, 2.75) is 52.5 Å². The molecule has 1 fully saturated rings. The van der Waals surface area contributed by atoms with E-state index in [2.05, 4.69) is 46.9 Å². The van der Waals surface area contributed by atoms with Crippen LogP contribution < -0.4 is 16.0 Å². The van der Waals surface area contributed by atoms with Crippen LogP contribution in [-0.2, 0) is 11.3 Å². The molecule has 1 amide bonds. The molecule has 1 saturated carbocycles. The highest BCUT2D eigenvalue weighted by Gasteiger charge is 2.20. The van der Waals surface area contributed by atoms with Gasteiger partial charge < -0.3 is 16.0 Å². The molecule has 2 rings (SSSR count). The van der Waals surface area contributed by atoms with Crippen LogP contribution in [0.3, 0.4) is 0 Å². The summed E-state index contributed by atoms with van der Waals surface area (Å²) in [6.45, 7) is 6.99. The van der Waals surface area contributed by atoms with Gasteiger partial charge in [0.25, 0.3) is 0 Å². The number of thiophene rings is 1. The predicted octanol–water partition coefficient (Wildman–Crippen LogP) is 3.43. The highest BCUT2D eigenvalue weighted by molar-refractivity contribution is 14.0. The Bertz CT molecular complexity index is 541. The van der Waals surface area contributed by atoms with Crippen LogP contribution in [0.4, 0.5) is 0 Å². The van der Waals surface area contributed by atoms with Gasteiger partial charge in [-0.3, -0.25) is 4.79 Å². The first-order valence-corrected chi connectivity index (χ1v) is 9.86. The molecule has 0 aliphatic heterocycles. The Hall–Kier alpha value is -0.830. The monoisotopic (exact) mass is 478 g/mol. The van der Waals surface area contributed by atoms with Gasteiger partial charge in [-0.25, -0.2) is 4.99 Å². The molecule has 0 spiro atoms. The van der Waals surface area contributed by atoms with E-state index in [1.54, 1.807) is 11.3 Å². The Morgan fingerprint density at radius 1 is 1.16 bits per heavy atom. The van der Waals surface area contributed by atoms with Crippen molar-refractivity contribution in [2.24, 2.45) is 10.9 Å². The molecule has 1 aromatic heterocycles. The van der Waals surface area contributed by atoms with Crippen LogP contribution in [0.25, 0.3) is 0 Å². The van der Waals surface area contributed by atoms with Gasteiger partial charge in [0.1, 0.15) is 0 Å². The summed E-state index contributed by atoms with van der Waals surface area (Å²) in [6, 6.07) is 4.24. The zero-order valence-corrected chi connectivity index (χ0v) is 18.4. The van der Waals surface area contributed by atoms with Crippen LogP contribution in [0.5, 0.6) is 0 Å². The van der Waals surface area contributed by atoms with Crippen LogP contribution in [-0.4, -0.2) is 31.5 Å². The molecule has 142 valence electrons. The maximum absolute atomic E-state index is 12.1. The maximum Gasteiger partial charge on any atom is 0.223 e. The van der Waals surface area contributed by atoms with E-state index in [9.17, 15) is 4.79 Å². The fourth-order valence-electron chi connectivity index (χ4n) is 2.94. The number of nitrogens with one attached hydrogen (secondary N) is 3. The summed E-state index contributed by atoms with van der Waals surface area (Å²) < 4.78 is 0. The average molecular weight is 478 g/mol. The number of hydrogen-bond donors (Lipinski definition) is 3. The highest BCUT2D eigenvalue weighted by atomic mass is 127. The third-order valence-electron chi connectivity index (χ3n) is 4.23. The van der Waals surface area contributed by atoms with E-state index in [1.165, 1.54) is 29.0 Å². The van der Waals surface area contributed by atoms with E-state index in [4.69, 9.17) is 0 Å². The van der Waals surface area contributed by atoms with Crippen molar-refractivity contribution in [1.29, 1.82) is 0 Å². The predicted molar refractivity (Wildman–Crippen MR) is 117 cm³/mol. The van der Waals surface area contributed by atoms with Crippen molar-refractivity contribution < 1.29 is 4.79 Å². The first-order valence-electron chi connectivity index (χ1n) is 9.04. The summed E-state index contributed by atoms with van der Waals surface area (Å²) in [7, 11) is 0. The summed E-state index contributed by atoms with van der Waals surface area (Å²) in [5.74, 6) is 1.24. The van der Waals surface area contributed by atoms with Crippen molar-refractivity contribution in [1.82, 2.24) is 16.0 Å². The molecule has 1 aliphatic rings. The van der Waals surface area contributed by atoms with E-state index in [0.717, 1.165) is 25.3 Å². The summed E-state index contributed by atoms with van der Waals surface area (Å²) in [5, 5.41) is 9.57. The lowest BCUT2D eigenvalue weighted by molar-refractivity contribution is -0.125. The number of hydrogen-bond acceptors (Lipinski definition) is 3. The molecule has 3 N–H and O–H groups in total. The number of aryl methyl sites for hydroxylation is 1. The van der Waals surface area contributed by atoms with Crippen LogP contribution in [0.1, 0.15) is 48.8 Å². The summed E-state index contributed by atoms with van der Waals surface area (Å²) in [5.41, 5.74) is 0. The van der Waals surface area contributed by atoms with Gasteiger partial charge in [0.05, 0.1) is 6.54 Å². The van der Waals surface area contributed by atoms with Crippen molar-refractivity contribution in [3.8, 4) is 0 Å². The maximum atomic E-state index is 12.1. The molecule has 0 radical (unpaired) electrons. The van der Waals surface area contributed by atoms with E-state index < -0.39 is 0 Å². The lowest BCUT2D eigenvalue weighted by Crippen LogP contribution is -2.42. The lowest BCUT2D eigenvalue weighted by Gasteiger charge is -2.21. The Balaban J connectivity index is 0.00000312. The molecule has 1 aromatic rings. The van der Waals surface area contributed by atoms with Crippen LogP contribution in [0, 0.1) is 12.8 Å². The van der Waals surface area contributed by atoms with Crippen molar-refractivity contribution in [3.05, 3.63) is 21.9 Å². The minimum Gasteiger partial charge on any atom is -0.357 e. The SMILES string of the molecule is CCNC(=NCc1ccc(C)s1)NCCNC(=O)C1CCCCC1.I. The Kier molecular flexibility index (Phi) is 11.1.